The van der Waals surface area contributed by atoms with E-state index in [4.69, 9.17) is 0 Å². The van der Waals surface area contributed by atoms with Crippen molar-refractivity contribution in [3.8, 4) is 0 Å². The van der Waals surface area contributed by atoms with Crippen LogP contribution in [0.15, 0.2) is 35.6 Å². The lowest BCUT2D eigenvalue weighted by molar-refractivity contribution is 0.262. The highest BCUT2D eigenvalue weighted by Gasteiger charge is 2.17. The molecule has 0 saturated heterocycles. The van der Waals surface area contributed by atoms with Crippen molar-refractivity contribution in [2.24, 2.45) is 0 Å². The summed E-state index contributed by atoms with van der Waals surface area (Å²) in [5, 5.41) is 12.1. The van der Waals surface area contributed by atoms with Gasteiger partial charge in [-0.05, 0) is 18.2 Å². The quantitative estimate of drug-likeness (QED) is 0.265. The van der Waals surface area contributed by atoms with Crippen LogP contribution in [0.3, 0.4) is 0 Å². The molecule has 0 fully saturated rings. The maximum Gasteiger partial charge on any atom is 0.325 e. The number of thioether (sulfide) groups is 1. The molecule has 1 aliphatic rings. The number of amides is 2. The first-order chi connectivity index (χ1) is 17.3. The molecule has 0 atom stereocenters. The Kier molecular flexibility index (Phi) is 8.72. The minimum Gasteiger partial charge on any atom is -0.369 e. The third-order valence-corrected chi connectivity index (χ3v) is 8.21. The van der Waals surface area contributed by atoms with Gasteiger partial charge in [-0.15, -0.1) is 23.1 Å². The van der Waals surface area contributed by atoms with Gasteiger partial charge in [0, 0.05) is 66.8 Å². The summed E-state index contributed by atoms with van der Waals surface area (Å²) in [6.07, 6.45) is 6.13. The van der Waals surface area contributed by atoms with Crippen molar-refractivity contribution < 1.29 is 17.6 Å². The van der Waals surface area contributed by atoms with Gasteiger partial charge in [-0.25, -0.2) is 32.6 Å². The molecule has 1 aromatic carbocycles. The molecule has 2 aromatic heterocycles. The molecule has 0 aliphatic carbocycles. The number of rotatable bonds is 11. The zero-order valence-electron chi connectivity index (χ0n) is 19.5. The first-order valence-corrected chi connectivity index (χ1v) is 15.0. The van der Waals surface area contributed by atoms with Crippen molar-refractivity contribution in [3.05, 3.63) is 52.7 Å². The van der Waals surface area contributed by atoms with E-state index in [1.807, 2.05) is 0 Å². The number of nitrogens with one attached hydrogen (secondary N) is 4. The van der Waals surface area contributed by atoms with E-state index in [2.05, 4.69) is 36.2 Å². The molecule has 36 heavy (non-hydrogen) atoms. The maximum atomic E-state index is 14.1. The van der Waals surface area contributed by atoms with Gasteiger partial charge in [-0.3, -0.25) is 5.32 Å². The largest absolute Gasteiger partial charge is 0.369 e. The van der Waals surface area contributed by atoms with Gasteiger partial charge in [0.2, 0.25) is 0 Å². The lowest BCUT2D eigenvalue weighted by Gasteiger charge is -2.10. The molecular weight excluding hydrogens is 525 g/mol. The van der Waals surface area contributed by atoms with E-state index in [0.29, 0.717) is 22.9 Å². The van der Waals surface area contributed by atoms with Crippen LogP contribution in [-0.2, 0) is 29.2 Å². The summed E-state index contributed by atoms with van der Waals surface area (Å²) < 4.78 is 36.5. The third kappa shape index (κ3) is 7.59. The average molecular weight is 552 g/mol. The number of fused-ring (bicyclic) bond motifs is 1. The van der Waals surface area contributed by atoms with Gasteiger partial charge in [0.1, 0.15) is 27.8 Å². The fourth-order valence-corrected chi connectivity index (χ4v) is 5.83. The smallest absolute Gasteiger partial charge is 0.325 e. The number of nitrogens with zero attached hydrogens (tertiary/aromatic N) is 3. The number of halogens is 1. The second-order valence-electron chi connectivity index (χ2n) is 8.10. The van der Waals surface area contributed by atoms with Gasteiger partial charge < -0.3 is 16.0 Å². The Labute approximate surface area is 216 Å². The second kappa shape index (κ2) is 12.0. The second-order valence-corrected chi connectivity index (χ2v) is 12.6. The summed E-state index contributed by atoms with van der Waals surface area (Å²) >= 11 is 3.13. The predicted molar refractivity (Wildman–Crippen MR) is 141 cm³/mol. The number of anilines is 3. The molecular formula is C22H26FN7O3S3. The fourth-order valence-electron chi connectivity index (χ4n) is 3.43. The summed E-state index contributed by atoms with van der Waals surface area (Å²) in [5.41, 5.74) is 1.81. The van der Waals surface area contributed by atoms with Crippen LogP contribution in [0, 0.1) is 5.82 Å². The number of urea groups is 1. The Morgan fingerprint density at radius 2 is 2.03 bits per heavy atom. The molecule has 2 amide bonds. The predicted octanol–water partition coefficient (Wildman–Crippen LogP) is 3.15. The van der Waals surface area contributed by atoms with E-state index in [1.165, 1.54) is 29.5 Å². The highest BCUT2D eigenvalue weighted by Crippen LogP contribution is 2.34. The van der Waals surface area contributed by atoms with Gasteiger partial charge >= 0.3 is 6.03 Å². The minimum atomic E-state index is -3.10. The van der Waals surface area contributed by atoms with Crippen molar-refractivity contribution in [1.29, 1.82) is 0 Å². The first-order valence-electron chi connectivity index (χ1n) is 11.2. The molecule has 14 heteroatoms. The van der Waals surface area contributed by atoms with E-state index in [9.17, 15) is 17.6 Å². The molecule has 0 spiro atoms. The molecule has 0 radical (unpaired) electrons. The molecule has 0 unspecified atom stereocenters. The zero-order valence-corrected chi connectivity index (χ0v) is 22.0. The van der Waals surface area contributed by atoms with Gasteiger partial charge in [-0.1, -0.05) is 0 Å². The first kappa shape index (κ1) is 26.3. The molecule has 3 aromatic rings. The molecule has 3 heterocycles. The number of sulfone groups is 1. The standard InChI is InChI=1S/C22H26FN7O3S3/c1-36(32,33)9-7-24-11-14-10-15(2-3-17(14)23)29-21(31)30-22-26-12-16(35-22)4-6-25-20-19-18(5-8-34-19)27-13-28-20/h2-3,10,12-13,24H,4-9,11H2,1H3,(H,25,27,28)(H2,26,29,30,31). The average Bonchev–Trinajstić information content (AvgIpc) is 3.48. The highest BCUT2D eigenvalue weighted by atomic mass is 32.2. The van der Waals surface area contributed by atoms with E-state index >= 15 is 0 Å². The Morgan fingerprint density at radius 3 is 2.86 bits per heavy atom. The molecule has 4 N–H and O–H groups in total. The van der Waals surface area contributed by atoms with Crippen molar-refractivity contribution >= 4 is 55.6 Å². The number of aromatic nitrogens is 3. The number of carbonyl (C=O) groups is 1. The van der Waals surface area contributed by atoms with Crippen molar-refractivity contribution in [2.45, 2.75) is 24.3 Å². The van der Waals surface area contributed by atoms with E-state index < -0.39 is 21.7 Å². The van der Waals surface area contributed by atoms with Crippen molar-refractivity contribution in [2.75, 3.05) is 46.8 Å². The number of hydrogen-bond donors (Lipinski definition) is 4. The maximum absolute atomic E-state index is 14.1. The molecule has 0 bridgehead atoms. The monoisotopic (exact) mass is 551 g/mol. The Hall–Kier alpha value is -2.81. The van der Waals surface area contributed by atoms with Crippen LogP contribution in [-0.4, -0.2) is 60.3 Å². The van der Waals surface area contributed by atoms with Crippen LogP contribution < -0.4 is 21.3 Å². The molecule has 192 valence electrons. The van der Waals surface area contributed by atoms with Gasteiger partial charge in [0.15, 0.2) is 5.13 Å². The highest BCUT2D eigenvalue weighted by molar-refractivity contribution is 7.99. The number of aryl methyl sites for hydroxylation is 1. The number of hydrogen-bond acceptors (Lipinski definition) is 10. The summed E-state index contributed by atoms with van der Waals surface area (Å²) in [5.74, 6) is 1.39. The van der Waals surface area contributed by atoms with Gasteiger partial charge in [-0.2, -0.15) is 0 Å². The van der Waals surface area contributed by atoms with Crippen LogP contribution in [0.2, 0.25) is 0 Å². The summed E-state index contributed by atoms with van der Waals surface area (Å²) in [6, 6.07) is 3.72. The minimum absolute atomic E-state index is 0.0392. The summed E-state index contributed by atoms with van der Waals surface area (Å²) in [6.45, 7) is 1.02. The summed E-state index contributed by atoms with van der Waals surface area (Å²) in [7, 11) is -3.10. The Bertz CT molecular complexity index is 1330. The molecule has 1 aliphatic heterocycles. The van der Waals surface area contributed by atoms with Crippen LogP contribution in [0.4, 0.5) is 25.8 Å². The van der Waals surface area contributed by atoms with Crippen LogP contribution in [0.1, 0.15) is 16.1 Å². The number of carbonyl (C=O) groups excluding carboxylic acids is 1. The normalized spacial score (nSPS) is 12.8. The molecule has 4 rings (SSSR count). The van der Waals surface area contributed by atoms with Crippen LogP contribution >= 0.6 is 23.1 Å². The van der Waals surface area contributed by atoms with Crippen LogP contribution in [0.25, 0.3) is 0 Å². The van der Waals surface area contributed by atoms with E-state index in [-0.39, 0.29) is 18.8 Å². The Balaban J connectivity index is 1.24. The third-order valence-electron chi connectivity index (χ3n) is 5.17. The van der Waals surface area contributed by atoms with Crippen molar-refractivity contribution in [3.63, 3.8) is 0 Å². The molecule has 10 nitrogen and oxygen atoms in total. The number of thiazole rings is 1. The lowest BCUT2D eigenvalue weighted by Crippen LogP contribution is -2.23. The topological polar surface area (TPSA) is 138 Å². The Morgan fingerprint density at radius 1 is 1.17 bits per heavy atom. The number of benzene rings is 1. The summed E-state index contributed by atoms with van der Waals surface area (Å²) in [4.78, 5) is 27.4. The van der Waals surface area contributed by atoms with E-state index in [0.717, 1.165) is 46.1 Å². The van der Waals surface area contributed by atoms with E-state index in [1.54, 1.807) is 24.3 Å². The van der Waals surface area contributed by atoms with Gasteiger partial charge in [0.25, 0.3) is 0 Å². The van der Waals surface area contributed by atoms with Gasteiger partial charge in [0.05, 0.1) is 16.3 Å². The SMILES string of the molecule is CS(=O)(=O)CCNCc1cc(NC(=O)Nc2ncc(CCNc3ncnc4c3SCC4)s2)ccc1F. The van der Waals surface area contributed by atoms with Crippen LogP contribution in [0.5, 0.6) is 0 Å². The zero-order chi connectivity index (χ0) is 25.5. The lowest BCUT2D eigenvalue weighted by atomic mass is 10.2. The molecule has 0 saturated carbocycles. The fraction of sp³-hybridized carbons (Fsp3) is 0.364. The van der Waals surface area contributed by atoms with Crippen molar-refractivity contribution in [1.82, 2.24) is 20.3 Å².